The van der Waals surface area contributed by atoms with Gasteiger partial charge in [0.25, 0.3) is 0 Å². The van der Waals surface area contributed by atoms with Crippen LogP contribution in [0, 0.1) is 5.92 Å². The van der Waals surface area contributed by atoms with Gasteiger partial charge in [-0.2, -0.15) is 0 Å². The van der Waals surface area contributed by atoms with E-state index in [2.05, 4.69) is 0 Å². The van der Waals surface area contributed by atoms with Gasteiger partial charge in [0.05, 0.1) is 11.9 Å². The zero-order valence-electron chi connectivity index (χ0n) is 8.32. The molecular weight excluding hydrogens is 188 g/mol. The van der Waals surface area contributed by atoms with Crippen LogP contribution in [0.5, 0.6) is 0 Å². The van der Waals surface area contributed by atoms with Crippen LogP contribution in [-0.2, 0) is 14.6 Å². The van der Waals surface area contributed by atoms with Gasteiger partial charge in [-0.3, -0.25) is 0 Å². The van der Waals surface area contributed by atoms with E-state index in [-0.39, 0.29) is 11.2 Å². The molecule has 1 aliphatic carbocycles. The first-order chi connectivity index (χ1) is 6.05. The Balaban J connectivity index is 2.67. The zero-order valence-corrected chi connectivity index (χ0v) is 9.14. The summed E-state index contributed by atoms with van der Waals surface area (Å²) in [6.45, 7) is 0.581. The summed E-state index contributed by atoms with van der Waals surface area (Å²) in [6, 6.07) is 0. The lowest BCUT2D eigenvalue weighted by Gasteiger charge is -2.29. The van der Waals surface area contributed by atoms with Crippen LogP contribution < -0.4 is 0 Å². The van der Waals surface area contributed by atoms with Crippen LogP contribution in [0.1, 0.15) is 25.7 Å². The molecule has 1 saturated carbocycles. The summed E-state index contributed by atoms with van der Waals surface area (Å²) in [7, 11) is -1.24. The molecule has 3 nitrogen and oxygen atoms in total. The van der Waals surface area contributed by atoms with Crippen LogP contribution >= 0.6 is 0 Å². The minimum Gasteiger partial charge on any atom is -0.384 e. The summed E-state index contributed by atoms with van der Waals surface area (Å²) in [5.74, 6) is 0.216. The first-order valence-corrected chi connectivity index (χ1v) is 6.69. The topological polar surface area (TPSA) is 43.4 Å². The molecule has 0 radical (unpaired) electrons. The second kappa shape index (κ2) is 4.42. The minimum atomic E-state index is -2.88. The van der Waals surface area contributed by atoms with Crippen LogP contribution in [0.15, 0.2) is 0 Å². The first kappa shape index (κ1) is 11.0. The number of ether oxygens (including phenoxy) is 1. The number of hydrogen-bond donors (Lipinski definition) is 0. The second-order valence-corrected chi connectivity index (χ2v) is 6.13. The number of rotatable bonds is 3. The Labute approximate surface area is 80.4 Å². The molecule has 0 N–H and O–H groups in total. The highest BCUT2D eigenvalue weighted by atomic mass is 32.2. The Kier molecular flexibility index (Phi) is 3.74. The normalized spacial score (nSPS) is 30.3. The lowest BCUT2D eigenvalue weighted by Crippen LogP contribution is -2.34. The van der Waals surface area contributed by atoms with Crippen LogP contribution in [0.2, 0.25) is 0 Å². The second-order valence-electron chi connectivity index (χ2n) is 3.87. The van der Waals surface area contributed by atoms with Crippen molar-refractivity contribution in [3.63, 3.8) is 0 Å². The molecule has 0 amide bonds. The fourth-order valence-electron chi connectivity index (χ4n) is 2.14. The Hall–Kier alpha value is -0.0900. The van der Waals surface area contributed by atoms with Gasteiger partial charge in [-0.25, -0.2) is 8.42 Å². The quantitative estimate of drug-likeness (QED) is 0.697. The van der Waals surface area contributed by atoms with Crippen molar-refractivity contribution < 1.29 is 13.2 Å². The van der Waals surface area contributed by atoms with Crippen molar-refractivity contribution in [2.24, 2.45) is 5.92 Å². The lowest BCUT2D eigenvalue weighted by atomic mass is 9.89. The van der Waals surface area contributed by atoms with Gasteiger partial charge in [0.15, 0.2) is 9.84 Å². The zero-order chi connectivity index (χ0) is 9.90. The highest BCUT2D eigenvalue weighted by Crippen LogP contribution is 2.29. The van der Waals surface area contributed by atoms with E-state index >= 15 is 0 Å². The predicted molar refractivity (Wildman–Crippen MR) is 52.5 cm³/mol. The standard InChI is InChI=1S/C9H18O3S/c1-12-7-8-5-3-4-6-9(8)13(2,10)11/h8-9H,3-7H2,1-2H3/t8-,9?/m0/s1. The van der Waals surface area contributed by atoms with Crippen molar-refractivity contribution in [2.75, 3.05) is 20.0 Å². The van der Waals surface area contributed by atoms with E-state index in [9.17, 15) is 8.42 Å². The van der Waals surface area contributed by atoms with Crippen molar-refractivity contribution in [1.29, 1.82) is 0 Å². The minimum absolute atomic E-state index is 0.166. The molecule has 1 fully saturated rings. The van der Waals surface area contributed by atoms with Gasteiger partial charge in [-0.05, 0) is 18.8 Å². The monoisotopic (exact) mass is 206 g/mol. The molecule has 0 aromatic carbocycles. The van der Waals surface area contributed by atoms with Gasteiger partial charge in [-0.15, -0.1) is 0 Å². The van der Waals surface area contributed by atoms with Crippen molar-refractivity contribution in [3.05, 3.63) is 0 Å². The fourth-order valence-corrected chi connectivity index (χ4v) is 3.65. The van der Waals surface area contributed by atoms with Crippen molar-refractivity contribution in [1.82, 2.24) is 0 Å². The van der Waals surface area contributed by atoms with Gasteiger partial charge in [0, 0.05) is 13.4 Å². The molecule has 0 aromatic rings. The maximum Gasteiger partial charge on any atom is 0.150 e. The van der Waals surface area contributed by atoms with E-state index in [1.165, 1.54) is 6.26 Å². The van der Waals surface area contributed by atoms with Gasteiger partial charge >= 0.3 is 0 Å². The van der Waals surface area contributed by atoms with E-state index < -0.39 is 9.84 Å². The van der Waals surface area contributed by atoms with Crippen molar-refractivity contribution in [3.8, 4) is 0 Å². The Morgan fingerprint density at radius 3 is 2.46 bits per heavy atom. The smallest absolute Gasteiger partial charge is 0.150 e. The van der Waals surface area contributed by atoms with Gasteiger partial charge in [-0.1, -0.05) is 12.8 Å². The molecule has 0 saturated heterocycles. The summed E-state index contributed by atoms with van der Waals surface area (Å²) in [5, 5.41) is -0.166. The molecule has 1 rings (SSSR count). The molecule has 0 bridgehead atoms. The van der Waals surface area contributed by atoms with Gasteiger partial charge in [0.2, 0.25) is 0 Å². The number of hydrogen-bond acceptors (Lipinski definition) is 3. The average Bonchev–Trinajstić information content (AvgIpc) is 2.04. The molecule has 78 valence electrons. The third kappa shape index (κ3) is 2.95. The number of sulfone groups is 1. The van der Waals surface area contributed by atoms with Crippen LogP contribution in [-0.4, -0.2) is 33.6 Å². The molecular formula is C9H18O3S. The molecule has 0 aliphatic heterocycles. The SMILES string of the molecule is COC[C@@H]1CCCCC1S(C)(=O)=O. The van der Waals surface area contributed by atoms with E-state index in [1.807, 2.05) is 0 Å². The Bertz CT molecular complexity index is 244. The van der Waals surface area contributed by atoms with E-state index in [4.69, 9.17) is 4.74 Å². The van der Waals surface area contributed by atoms with Crippen LogP contribution in [0.4, 0.5) is 0 Å². The summed E-state index contributed by atoms with van der Waals surface area (Å²) in [6.07, 6.45) is 5.32. The molecule has 1 unspecified atom stereocenters. The van der Waals surface area contributed by atoms with E-state index in [0.717, 1.165) is 25.7 Å². The molecule has 1 aliphatic rings. The molecule has 2 atom stereocenters. The molecule has 0 spiro atoms. The molecule has 0 heterocycles. The van der Waals surface area contributed by atoms with Crippen molar-refractivity contribution >= 4 is 9.84 Å². The van der Waals surface area contributed by atoms with E-state index in [0.29, 0.717) is 6.61 Å². The summed E-state index contributed by atoms with van der Waals surface area (Å²) in [4.78, 5) is 0. The lowest BCUT2D eigenvalue weighted by molar-refractivity contribution is 0.133. The largest absolute Gasteiger partial charge is 0.384 e. The molecule has 0 aromatic heterocycles. The van der Waals surface area contributed by atoms with Crippen molar-refractivity contribution in [2.45, 2.75) is 30.9 Å². The third-order valence-electron chi connectivity index (χ3n) is 2.77. The van der Waals surface area contributed by atoms with Crippen LogP contribution in [0.3, 0.4) is 0 Å². The van der Waals surface area contributed by atoms with Gasteiger partial charge < -0.3 is 4.74 Å². The summed E-state index contributed by atoms with van der Waals surface area (Å²) >= 11 is 0. The Morgan fingerprint density at radius 2 is 1.92 bits per heavy atom. The molecule has 13 heavy (non-hydrogen) atoms. The highest BCUT2D eigenvalue weighted by Gasteiger charge is 2.32. The summed E-state index contributed by atoms with van der Waals surface area (Å²) < 4.78 is 27.9. The van der Waals surface area contributed by atoms with Crippen LogP contribution in [0.25, 0.3) is 0 Å². The first-order valence-electron chi connectivity index (χ1n) is 4.73. The summed E-state index contributed by atoms with van der Waals surface area (Å²) in [5.41, 5.74) is 0. The van der Waals surface area contributed by atoms with Gasteiger partial charge in [0.1, 0.15) is 0 Å². The Morgan fingerprint density at radius 1 is 1.31 bits per heavy atom. The predicted octanol–water partition coefficient (Wildman–Crippen LogP) is 1.24. The molecule has 4 heteroatoms. The fraction of sp³-hybridized carbons (Fsp3) is 1.00. The van der Waals surface area contributed by atoms with E-state index in [1.54, 1.807) is 7.11 Å². The number of methoxy groups -OCH3 is 1. The maximum atomic E-state index is 11.4. The average molecular weight is 206 g/mol. The maximum absolute atomic E-state index is 11.4. The highest BCUT2D eigenvalue weighted by molar-refractivity contribution is 7.91. The third-order valence-corrected chi connectivity index (χ3v) is 4.49.